The Hall–Kier alpha value is -3.31. The SMILES string of the molecule is O=C(c1cccnc1Oc1cccc(Cl)c1)N1C=COC(C2=CC=CCC2)=C1. The molecule has 1 aromatic heterocycles. The van der Waals surface area contributed by atoms with Gasteiger partial charge >= 0.3 is 0 Å². The number of nitrogens with zero attached hydrogens (tertiary/aromatic N) is 2. The summed E-state index contributed by atoms with van der Waals surface area (Å²) in [5.41, 5.74) is 1.38. The zero-order valence-electron chi connectivity index (χ0n) is 14.9. The molecule has 5 nitrogen and oxygen atoms in total. The van der Waals surface area contributed by atoms with Crippen LogP contribution in [0.3, 0.4) is 0 Å². The number of carbonyl (C=O) groups is 1. The zero-order chi connectivity index (χ0) is 19.3. The van der Waals surface area contributed by atoms with Crippen LogP contribution in [-0.4, -0.2) is 15.8 Å². The number of amides is 1. The molecule has 0 fully saturated rings. The van der Waals surface area contributed by atoms with E-state index in [-0.39, 0.29) is 11.8 Å². The molecule has 0 saturated carbocycles. The van der Waals surface area contributed by atoms with E-state index in [2.05, 4.69) is 11.1 Å². The third kappa shape index (κ3) is 4.00. The van der Waals surface area contributed by atoms with E-state index in [1.54, 1.807) is 55.0 Å². The summed E-state index contributed by atoms with van der Waals surface area (Å²) >= 11 is 6.01. The Morgan fingerprint density at radius 2 is 2.18 bits per heavy atom. The number of aromatic nitrogens is 1. The number of rotatable bonds is 4. The van der Waals surface area contributed by atoms with Crippen molar-refractivity contribution in [2.45, 2.75) is 12.8 Å². The molecule has 1 aliphatic carbocycles. The van der Waals surface area contributed by atoms with E-state index in [0.29, 0.717) is 22.1 Å². The Balaban J connectivity index is 1.60. The van der Waals surface area contributed by atoms with Crippen molar-refractivity contribution in [3.63, 3.8) is 0 Å². The topological polar surface area (TPSA) is 51.7 Å². The lowest BCUT2D eigenvalue weighted by Gasteiger charge is -2.22. The molecule has 0 N–H and O–H groups in total. The minimum absolute atomic E-state index is 0.212. The van der Waals surface area contributed by atoms with Crippen LogP contribution in [0.2, 0.25) is 5.02 Å². The molecule has 1 aliphatic heterocycles. The van der Waals surface area contributed by atoms with Crippen LogP contribution in [0.4, 0.5) is 0 Å². The highest BCUT2D eigenvalue weighted by Gasteiger charge is 2.22. The summed E-state index contributed by atoms with van der Waals surface area (Å²) in [6, 6.07) is 10.3. The number of hydrogen-bond donors (Lipinski definition) is 0. The van der Waals surface area contributed by atoms with Gasteiger partial charge < -0.3 is 9.47 Å². The first-order chi connectivity index (χ1) is 13.7. The van der Waals surface area contributed by atoms with Crippen molar-refractivity contribution in [3.8, 4) is 11.6 Å². The van der Waals surface area contributed by atoms with E-state index in [9.17, 15) is 4.79 Å². The molecule has 140 valence electrons. The fraction of sp³-hybridized carbons (Fsp3) is 0.0909. The fourth-order valence-electron chi connectivity index (χ4n) is 2.88. The highest BCUT2D eigenvalue weighted by atomic mass is 35.5. The first-order valence-corrected chi connectivity index (χ1v) is 9.21. The van der Waals surface area contributed by atoms with Crippen LogP contribution in [0.1, 0.15) is 23.2 Å². The lowest BCUT2D eigenvalue weighted by atomic mass is 10.0. The number of ether oxygens (including phenoxy) is 2. The zero-order valence-corrected chi connectivity index (χ0v) is 15.7. The Kier molecular flexibility index (Phi) is 5.26. The normalized spacial score (nSPS) is 15.5. The van der Waals surface area contributed by atoms with Gasteiger partial charge in [0.15, 0.2) is 0 Å². The molecule has 0 radical (unpaired) electrons. The second kappa shape index (κ2) is 8.15. The predicted octanol–water partition coefficient (Wildman–Crippen LogP) is 5.59. The van der Waals surface area contributed by atoms with Gasteiger partial charge in [0.05, 0.1) is 6.20 Å². The molecular weight excluding hydrogens is 376 g/mol. The molecule has 2 aromatic rings. The number of pyridine rings is 1. The van der Waals surface area contributed by atoms with E-state index < -0.39 is 0 Å². The molecule has 4 rings (SSSR count). The minimum atomic E-state index is -0.269. The quantitative estimate of drug-likeness (QED) is 0.680. The van der Waals surface area contributed by atoms with E-state index in [0.717, 1.165) is 18.4 Å². The lowest BCUT2D eigenvalue weighted by Crippen LogP contribution is -2.24. The van der Waals surface area contributed by atoms with Gasteiger partial charge in [0.2, 0.25) is 5.88 Å². The monoisotopic (exact) mass is 392 g/mol. The van der Waals surface area contributed by atoms with Crippen LogP contribution >= 0.6 is 11.6 Å². The maximum atomic E-state index is 13.1. The third-order valence-corrected chi connectivity index (χ3v) is 4.48. The van der Waals surface area contributed by atoms with Crippen LogP contribution in [0.25, 0.3) is 0 Å². The first kappa shape index (κ1) is 18.1. The number of carbonyl (C=O) groups excluding carboxylic acids is 1. The van der Waals surface area contributed by atoms with Crippen LogP contribution < -0.4 is 4.74 Å². The Labute approximate surface area is 167 Å². The van der Waals surface area contributed by atoms with E-state index >= 15 is 0 Å². The summed E-state index contributed by atoms with van der Waals surface area (Å²) in [7, 11) is 0. The number of allylic oxidation sites excluding steroid dienone is 4. The van der Waals surface area contributed by atoms with Gasteiger partial charge in [0.1, 0.15) is 23.3 Å². The van der Waals surface area contributed by atoms with Gasteiger partial charge in [-0.2, -0.15) is 0 Å². The third-order valence-electron chi connectivity index (χ3n) is 4.25. The predicted molar refractivity (Wildman–Crippen MR) is 107 cm³/mol. The molecule has 0 spiro atoms. The molecule has 1 aromatic carbocycles. The molecule has 0 unspecified atom stereocenters. The average Bonchev–Trinajstić information content (AvgIpc) is 2.74. The first-order valence-electron chi connectivity index (χ1n) is 8.83. The number of halogens is 1. The molecule has 1 amide bonds. The molecule has 0 bridgehead atoms. The smallest absolute Gasteiger partial charge is 0.267 e. The molecule has 2 heterocycles. The fourth-order valence-corrected chi connectivity index (χ4v) is 3.06. The summed E-state index contributed by atoms with van der Waals surface area (Å²) in [6.45, 7) is 0. The Bertz CT molecular complexity index is 1020. The summed E-state index contributed by atoms with van der Waals surface area (Å²) in [6.07, 6.45) is 14.2. The van der Waals surface area contributed by atoms with Gasteiger partial charge in [0, 0.05) is 17.4 Å². The van der Waals surface area contributed by atoms with E-state index in [1.165, 1.54) is 11.2 Å². The summed E-state index contributed by atoms with van der Waals surface area (Å²) < 4.78 is 11.4. The van der Waals surface area contributed by atoms with Gasteiger partial charge in [0.25, 0.3) is 5.91 Å². The van der Waals surface area contributed by atoms with Crippen molar-refractivity contribution in [2.75, 3.05) is 0 Å². The van der Waals surface area contributed by atoms with Crippen LogP contribution in [0.5, 0.6) is 11.6 Å². The van der Waals surface area contributed by atoms with Gasteiger partial charge in [-0.15, -0.1) is 0 Å². The average molecular weight is 393 g/mol. The Morgan fingerprint density at radius 3 is 3.00 bits per heavy atom. The molecule has 28 heavy (non-hydrogen) atoms. The van der Waals surface area contributed by atoms with Gasteiger partial charge in [-0.3, -0.25) is 9.69 Å². The van der Waals surface area contributed by atoms with E-state index in [1.807, 2.05) is 12.2 Å². The van der Waals surface area contributed by atoms with Crippen molar-refractivity contribution >= 4 is 17.5 Å². The summed E-state index contributed by atoms with van der Waals surface area (Å²) in [5.74, 6) is 1.10. The maximum absolute atomic E-state index is 13.1. The maximum Gasteiger partial charge on any atom is 0.267 e. The van der Waals surface area contributed by atoms with Crippen LogP contribution in [0, 0.1) is 0 Å². The lowest BCUT2D eigenvalue weighted by molar-refractivity contribution is 0.0852. The number of benzene rings is 1. The second-order valence-electron chi connectivity index (χ2n) is 6.18. The molecule has 0 atom stereocenters. The van der Waals surface area contributed by atoms with Crippen molar-refractivity contribution in [1.82, 2.24) is 9.88 Å². The van der Waals surface area contributed by atoms with Crippen molar-refractivity contribution < 1.29 is 14.3 Å². The minimum Gasteiger partial charge on any atom is -0.462 e. The van der Waals surface area contributed by atoms with Crippen molar-refractivity contribution in [2.24, 2.45) is 0 Å². The molecule has 2 aliphatic rings. The summed E-state index contributed by atoms with van der Waals surface area (Å²) in [5, 5.41) is 0.541. The summed E-state index contributed by atoms with van der Waals surface area (Å²) in [4.78, 5) is 18.8. The molecule has 6 heteroatoms. The van der Waals surface area contributed by atoms with Gasteiger partial charge in [-0.25, -0.2) is 4.98 Å². The molecule has 0 saturated heterocycles. The highest BCUT2D eigenvalue weighted by Crippen LogP contribution is 2.28. The standard InChI is InChI=1S/C22H17ClN2O3/c23-17-8-4-9-18(14-17)28-21-19(10-5-11-24-21)22(26)25-12-13-27-20(15-25)16-6-2-1-3-7-16/h1-2,4-6,8-15H,3,7H2. The second-order valence-corrected chi connectivity index (χ2v) is 6.62. The van der Waals surface area contributed by atoms with Gasteiger partial charge in [-0.05, 0) is 48.7 Å². The van der Waals surface area contributed by atoms with Crippen LogP contribution in [0.15, 0.2) is 90.8 Å². The number of hydrogen-bond acceptors (Lipinski definition) is 4. The van der Waals surface area contributed by atoms with Crippen LogP contribution in [-0.2, 0) is 4.74 Å². The van der Waals surface area contributed by atoms with Crippen molar-refractivity contribution in [3.05, 3.63) is 101 Å². The van der Waals surface area contributed by atoms with E-state index in [4.69, 9.17) is 21.1 Å². The highest BCUT2D eigenvalue weighted by molar-refractivity contribution is 6.30. The van der Waals surface area contributed by atoms with Gasteiger partial charge in [-0.1, -0.05) is 35.9 Å². The largest absolute Gasteiger partial charge is 0.462 e. The van der Waals surface area contributed by atoms with Crippen molar-refractivity contribution in [1.29, 1.82) is 0 Å². The Morgan fingerprint density at radius 1 is 1.25 bits per heavy atom. The molecular formula is C22H17ClN2O3.